The molecule has 0 saturated carbocycles. The van der Waals surface area contributed by atoms with Crippen LogP contribution < -0.4 is 10.0 Å². The summed E-state index contributed by atoms with van der Waals surface area (Å²) in [7, 11) is -4.01. The zero-order chi connectivity index (χ0) is 19.4. The van der Waals surface area contributed by atoms with E-state index >= 15 is 0 Å². The second-order valence-corrected chi connectivity index (χ2v) is 8.02. The van der Waals surface area contributed by atoms with Crippen LogP contribution in [-0.4, -0.2) is 14.3 Å². The lowest BCUT2D eigenvalue weighted by molar-refractivity contribution is 0.102. The van der Waals surface area contributed by atoms with Gasteiger partial charge in [0.05, 0.1) is 15.7 Å². The van der Waals surface area contributed by atoms with Gasteiger partial charge >= 0.3 is 0 Å². The Balaban J connectivity index is 1.89. The Bertz CT molecular complexity index is 1090. The lowest BCUT2D eigenvalue weighted by atomic mass is 10.2. The van der Waals surface area contributed by atoms with Gasteiger partial charge in [-0.05, 0) is 42.5 Å². The molecule has 1 amide bonds. The van der Waals surface area contributed by atoms with Crippen molar-refractivity contribution in [2.75, 3.05) is 10.0 Å². The van der Waals surface area contributed by atoms with Crippen LogP contribution >= 0.6 is 23.2 Å². The van der Waals surface area contributed by atoms with Crippen molar-refractivity contribution in [3.63, 3.8) is 0 Å². The van der Waals surface area contributed by atoms with Crippen molar-refractivity contribution in [3.05, 3.63) is 88.4 Å². The van der Waals surface area contributed by atoms with E-state index in [9.17, 15) is 13.2 Å². The molecule has 0 aliphatic carbocycles. The molecule has 0 aliphatic rings. The van der Waals surface area contributed by atoms with Crippen molar-refractivity contribution in [1.82, 2.24) is 0 Å². The summed E-state index contributed by atoms with van der Waals surface area (Å²) in [5, 5.41) is 2.93. The Labute approximate surface area is 167 Å². The molecule has 3 aromatic rings. The fourth-order valence-electron chi connectivity index (χ4n) is 2.32. The van der Waals surface area contributed by atoms with E-state index in [1.54, 1.807) is 48.5 Å². The number of rotatable bonds is 5. The van der Waals surface area contributed by atoms with Crippen LogP contribution in [0.25, 0.3) is 0 Å². The third-order valence-electron chi connectivity index (χ3n) is 3.63. The molecule has 2 N–H and O–H groups in total. The minimum atomic E-state index is -4.01. The fourth-order valence-corrected chi connectivity index (χ4v) is 4.17. The number of halogens is 2. The Morgan fingerprint density at radius 3 is 2.19 bits per heavy atom. The summed E-state index contributed by atoms with van der Waals surface area (Å²) < 4.78 is 27.8. The van der Waals surface area contributed by atoms with Gasteiger partial charge in [-0.2, -0.15) is 0 Å². The van der Waals surface area contributed by atoms with Gasteiger partial charge in [0.15, 0.2) is 0 Å². The molecule has 0 saturated heterocycles. The van der Waals surface area contributed by atoms with Crippen molar-refractivity contribution >= 4 is 50.5 Å². The highest BCUT2D eigenvalue weighted by molar-refractivity contribution is 7.92. The van der Waals surface area contributed by atoms with Crippen LogP contribution in [-0.2, 0) is 10.0 Å². The van der Waals surface area contributed by atoms with Crippen LogP contribution in [0.1, 0.15) is 10.4 Å². The lowest BCUT2D eigenvalue weighted by Crippen LogP contribution is -2.15. The molecule has 138 valence electrons. The molecule has 27 heavy (non-hydrogen) atoms. The topological polar surface area (TPSA) is 75.3 Å². The Morgan fingerprint density at radius 1 is 0.815 bits per heavy atom. The maximum atomic E-state index is 12.7. The SMILES string of the molecule is O=C(Nc1ccc(Cl)c(S(=O)(=O)Nc2ccccc2Cl)c1)c1ccccc1. The molecule has 0 fully saturated rings. The summed E-state index contributed by atoms with van der Waals surface area (Å²) in [5.41, 5.74) is 0.979. The second kappa shape index (κ2) is 8.00. The van der Waals surface area contributed by atoms with Crippen LogP contribution in [0.15, 0.2) is 77.7 Å². The molecule has 0 heterocycles. The predicted molar refractivity (Wildman–Crippen MR) is 108 cm³/mol. The molecular weight excluding hydrogens is 407 g/mol. The van der Waals surface area contributed by atoms with Gasteiger partial charge in [0, 0.05) is 11.3 Å². The summed E-state index contributed by atoms with van der Waals surface area (Å²) in [6.07, 6.45) is 0. The van der Waals surface area contributed by atoms with Gasteiger partial charge in [-0.25, -0.2) is 8.42 Å². The smallest absolute Gasteiger partial charge is 0.263 e. The minimum absolute atomic E-state index is 0.0206. The zero-order valence-corrected chi connectivity index (χ0v) is 16.1. The Morgan fingerprint density at radius 2 is 1.48 bits per heavy atom. The number of sulfonamides is 1. The first-order valence-corrected chi connectivity index (χ1v) is 10.0. The van der Waals surface area contributed by atoms with Crippen molar-refractivity contribution < 1.29 is 13.2 Å². The van der Waals surface area contributed by atoms with Crippen molar-refractivity contribution in [3.8, 4) is 0 Å². The summed E-state index contributed by atoms with van der Waals surface area (Å²) in [5.74, 6) is -0.361. The van der Waals surface area contributed by atoms with E-state index < -0.39 is 10.0 Å². The van der Waals surface area contributed by atoms with Gasteiger partial charge in [0.2, 0.25) is 0 Å². The molecule has 5 nitrogen and oxygen atoms in total. The van der Waals surface area contributed by atoms with Crippen LogP contribution in [0, 0.1) is 0 Å². The van der Waals surface area contributed by atoms with Gasteiger partial charge in [-0.15, -0.1) is 0 Å². The molecular formula is C19H14Cl2N2O3S. The third kappa shape index (κ3) is 4.60. The third-order valence-corrected chi connectivity index (χ3v) is 5.81. The van der Waals surface area contributed by atoms with E-state index in [4.69, 9.17) is 23.2 Å². The maximum absolute atomic E-state index is 12.7. The van der Waals surface area contributed by atoms with E-state index in [-0.39, 0.29) is 26.5 Å². The maximum Gasteiger partial charge on any atom is 0.263 e. The number of anilines is 2. The molecule has 3 rings (SSSR count). The molecule has 0 aromatic heterocycles. The van der Waals surface area contributed by atoms with Gasteiger partial charge in [0.1, 0.15) is 4.90 Å². The number of hydrogen-bond donors (Lipinski definition) is 2. The monoisotopic (exact) mass is 420 g/mol. The Hall–Kier alpha value is -2.54. The molecule has 0 radical (unpaired) electrons. The molecule has 0 spiro atoms. The number of carbonyl (C=O) groups is 1. The quantitative estimate of drug-likeness (QED) is 0.606. The standard InChI is InChI=1S/C19H14Cl2N2O3S/c20-15-8-4-5-9-17(15)23-27(25,26)18-12-14(10-11-16(18)21)22-19(24)13-6-2-1-3-7-13/h1-12,23H,(H,22,24). The van der Waals surface area contributed by atoms with E-state index in [1.165, 1.54) is 24.3 Å². The average Bonchev–Trinajstić information content (AvgIpc) is 2.65. The highest BCUT2D eigenvalue weighted by Crippen LogP contribution is 2.29. The van der Waals surface area contributed by atoms with Crippen LogP contribution in [0.2, 0.25) is 10.0 Å². The van der Waals surface area contributed by atoms with Gasteiger partial charge in [-0.3, -0.25) is 9.52 Å². The van der Waals surface area contributed by atoms with Gasteiger partial charge in [0.25, 0.3) is 15.9 Å². The Kier molecular flexibility index (Phi) is 5.70. The van der Waals surface area contributed by atoms with Crippen LogP contribution in [0.3, 0.4) is 0 Å². The molecule has 0 atom stereocenters. The van der Waals surface area contributed by atoms with E-state index in [0.717, 1.165) is 0 Å². The number of benzene rings is 3. The van der Waals surface area contributed by atoms with E-state index in [2.05, 4.69) is 10.0 Å². The number of para-hydroxylation sites is 1. The summed E-state index contributed by atoms with van der Waals surface area (Å²) in [6, 6.07) is 19.2. The first-order chi connectivity index (χ1) is 12.9. The lowest BCUT2D eigenvalue weighted by Gasteiger charge is -2.12. The molecule has 0 aliphatic heterocycles. The van der Waals surface area contributed by atoms with Crippen LogP contribution in [0.5, 0.6) is 0 Å². The van der Waals surface area contributed by atoms with Crippen LogP contribution in [0.4, 0.5) is 11.4 Å². The second-order valence-electron chi connectivity index (χ2n) is 5.55. The van der Waals surface area contributed by atoms with Crippen molar-refractivity contribution in [2.45, 2.75) is 4.90 Å². The van der Waals surface area contributed by atoms with Gasteiger partial charge < -0.3 is 5.32 Å². The largest absolute Gasteiger partial charge is 0.322 e. The van der Waals surface area contributed by atoms with E-state index in [1.807, 2.05) is 0 Å². The normalized spacial score (nSPS) is 11.0. The van der Waals surface area contributed by atoms with E-state index in [0.29, 0.717) is 11.3 Å². The predicted octanol–water partition coefficient (Wildman–Crippen LogP) is 5.05. The van der Waals surface area contributed by atoms with Crippen molar-refractivity contribution in [1.29, 1.82) is 0 Å². The number of amides is 1. The highest BCUT2D eigenvalue weighted by atomic mass is 35.5. The van der Waals surface area contributed by atoms with Crippen molar-refractivity contribution in [2.24, 2.45) is 0 Å². The minimum Gasteiger partial charge on any atom is -0.322 e. The molecule has 8 heteroatoms. The first kappa shape index (κ1) is 19.2. The number of nitrogens with one attached hydrogen (secondary N) is 2. The summed E-state index contributed by atoms with van der Waals surface area (Å²) in [6.45, 7) is 0. The summed E-state index contributed by atoms with van der Waals surface area (Å²) >= 11 is 12.1. The number of carbonyl (C=O) groups excluding carboxylic acids is 1. The molecule has 0 bridgehead atoms. The zero-order valence-electron chi connectivity index (χ0n) is 13.8. The van der Waals surface area contributed by atoms with Gasteiger partial charge in [-0.1, -0.05) is 53.5 Å². The number of hydrogen-bond acceptors (Lipinski definition) is 3. The molecule has 0 unspecified atom stereocenters. The summed E-state index contributed by atoms with van der Waals surface area (Å²) in [4.78, 5) is 12.1. The molecule has 3 aromatic carbocycles. The highest BCUT2D eigenvalue weighted by Gasteiger charge is 2.20. The fraction of sp³-hybridized carbons (Fsp3) is 0. The first-order valence-electron chi connectivity index (χ1n) is 7.80. The average molecular weight is 421 g/mol.